The summed E-state index contributed by atoms with van der Waals surface area (Å²) in [6, 6.07) is 9.53. The van der Waals surface area contributed by atoms with Crippen LogP contribution in [-0.2, 0) is 0 Å². The second kappa shape index (κ2) is 12.2. The van der Waals surface area contributed by atoms with Gasteiger partial charge in [-0.1, -0.05) is 42.6 Å². The SMILES string of the molecule is C=CCC(CC)C(C)NCCNC(=O)c1cn(-c2ccc(Cl)cc2Cl)c(-c2cccnc2)c1C. The molecule has 0 bridgehead atoms. The molecule has 0 saturated carbocycles. The Kier molecular flexibility index (Phi) is 9.34. The Hall–Kier alpha value is -2.60. The summed E-state index contributed by atoms with van der Waals surface area (Å²) in [4.78, 5) is 17.4. The van der Waals surface area contributed by atoms with Gasteiger partial charge >= 0.3 is 0 Å². The fraction of sp³-hybridized carbons (Fsp3) is 0.333. The molecule has 3 aromatic rings. The number of halogens is 2. The van der Waals surface area contributed by atoms with Gasteiger partial charge in [0, 0.05) is 48.3 Å². The van der Waals surface area contributed by atoms with Crippen molar-refractivity contribution in [1.29, 1.82) is 0 Å². The fourth-order valence-electron chi connectivity index (χ4n) is 4.23. The lowest BCUT2D eigenvalue weighted by atomic mass is 9.95. The van der Waals surface area contributed by atoms with Crippen molar-refractivity contribution in [2.24, 2.45) is 5.92 Å². The van der Waals surface area contributed by atoms with E-state index in [2.05, 4.69) is 36.0 Å². The van der Waals surface area contributed by atoms with E-state index in [1.807, 2.05) is 42.0 Å². The first-order valence-corrected chi connectivity index (χ1v) is 12.3. The number of aromatic nitrogens is 2. The molecule has 2 unspecified atom stereocenters. The zero-order chi connectivity index (χ0) is 24.7. The van der Waals surface area contributed by atoms with Crippen molar-refractivity contribution in [3.05, 3.63) is 82.7 Å². The second-order valence-electron chi connectivity index (χ2n) is 8.42. The Labute approximate surface area is 212 Å². The molecular formula is C27H32Cl2N4O. The highest BCUT2D eigenvalue weighted by atomic mass is 35.5. The van der Waals surface area contributed by atoms with E-state index in [0.29, 0.717) is 40.7 Å². The van der Waals surface area contributed by atoms with Crippen LogP contribution < -0.4 is 10.6 Å². The Morgan fingerprint density at radius 3 is 2.71 bits per heavy atom. The smallest absolute Gasteiger partial charge is 0.253 e. The molecule has 0 fully saturated rings. The van der Waals surface area contributed by atoms with E-state index in [1.165, 1.54) is 0 Å². The Morgan fingerprint density at radius 2 is 2.06 bits per heavy atom. The van der Waals surface area contributed by atoms with Crippen LogP contribution in [0.3, 0.4) is 0 Å². The lowest BCUT2D eigenvalue weighted by molar-refractivity contribution is 0.0953. The van der Waals surface area contributed by atoms with Gasteiger partial charge in [0.25, 0.3) is 5.91 Å². The number of amides is 1. The minimum Gasteiger partial charge on any atom is -0.351 e. The number of hydrogen-bond acceptors (Lipinski definition) is 3. The van der Waals surface area contributed by atoms with Crippen LogP contribution in [0.4, 0.5) is 0 Å². The molecule has 3 rings (SSSR count). The molecule has 1 aromatic carbocycles. The Morgan fingerprint density at radius 1 is 1.26 bits per heavy atom. The van der Waals surface area contributed by atoms with Gasteiger partial charge in [0.2, 0.25) is 0 Å². The van der Waals surface area contributed by atoms with Crippen molar-refractivity contribution in [2.75, 3.05) is 13.1 Å². The van der Waals surface area contributed by atoms with Gasteiger partial charge in [0.15, 0.2) is 0 Å². The standard InChI is InChI=1S/C27H32Cl2N4O/c1-5-8-20(6-2)19(4)31-13-14-32-27(34)23-17-33(25-11-10-22(28)15-24(25)29)26(18(23)3)21-9-7-12-30-16-21/h5,7,9-12,15-17,19-20,31H,1,6,8,13-14H2,2-4H3,(H,32,34). The first kappa shape index (κ1) is 26.0. The molecule has 0 aliphatic heterocycles. The van der Waals surface area contributed by atoms with Gasteiger partial charge < -0.3 is 15.2 Å². The van der Waals surface area contributed by atoms with Gasteiger partial charge in [0.1, 0.15) is 0 Å². The van der Waals surface area contributed by atoms with E-state index < -0.39 is 0 Å². The summed E-state index contributed by atoms with van der Waals surface area (Å²) < 4.78 is 1.93. The minimum absolute atomic E-state index is 0.126. The topological polar surface area (TPSA) is 58.9 Å². The molecular weight excluding hydrogens is 467 g/mol. The maximum Gasteiger partial charge on any atom is 0.253 e. The van der Waals surface area contributed by atoms with E-state index in [0.717, 1.165) is 35.3 Å². The summed E-state index contributed by atoms with van der Waals surface area (Å²) in [6.45, 7) is 11.4. The van der Waals surface area contributed by atoms with Crippen LogP contribution in [-0.4, -0.2) is 34.6 Å². The first-order valence-electron chi connectivity index (χ1n) is 11.6. The number of benzene rings is 1. The molecule has 2 aromatic heterocycles. The van der Waals surface area contributed by atoms with Crippen molar-refractivity contribution in [3.8, 4) is 16.9 Å². The molecule has 0 radical (unpaired) electrons. The van der Waals surface area contributed by atoms with E-state index in [1.54, 1.807) is 24.5 Å². The van der Waals surface area contributed by atoms with Gasteiger partial charge in [0.05, 0.1) is 22.0 Å². The van der Waals surface area contributed by atoms with Crippen molar-refractivity contribution >= 4 is 29.1 Å². The normalized spacial score (nSPS) is 12.9. The quantitative estimate of drug-likeness (QED) is 0.235. The summed E-state index contributed by atoms with van der Waals surface area (Å²) >= 11 is 12.6. The monoisotopic (exact) mass is 498 g/mol. The lowest BCUT2D eigenvalue weighted by Gasteiger charge is -2.22. The van der Waals surface area contributed by atoms with Crippen LogP contribution in [0.25, 0.3) is 16.9 Å². The van der Waals surface area contributed by atoms with Crippen LogP contribution in [0.5, 0.6) is 0 Å². The minimum atomic E-state index is -0.126. The average molecular weight is 499 g/mol. The number of pyridine rings is 1. The third-order valence-corrected chi connectivity index (χ3v) is 6.72. The maximum absolute atomic E-state index is 13.1. The average Bonchev–Trinajstić information content (AvgIpc) is 3.17. The van der Waals surface area contributed by atoms with Crippen molar-refractivity contribution < 1.29 is 4.79 Å². The summed E-state index contributed by atoms with van der Waals surface area (Å²) in [7, 11) is 0. The van der Waals surface area contributed by atoms with E-state index in [-0.39, 0.29) is 5.91 Å². The Balaban J connectivity index is 1.81. The van der Waals surface area contributed by atoms with Crippen molar-refractivity contribution in [1.82, 2.24) is 20.2 Å². The van der Waals surface area contributed by atoms with Gasteiger partial charge in [-0.2, -0.15) is 0 Å². The van der Waals surface area contributed by atoms with Crippen LogP contribution >= 0.6 is 23.2 Å². The number of rotatable bonds is 11. The predicted octanol–water partition coefficient (Wildman–Crippen LogP) is 6.46. The number of hydrogen-bond donors (Lipinski definition) is 2. The summed E-state index contributed by atoms with van der Waals surface area (Å²) in [6.07, 6.45) is 9.37. The number of allylic oxidation sites excluding steroid dienone is 1. The van der Waals surface area contributed by atoms with Gasteiger partial charge in [-0.25, -0.2) is 0 Å². The van der Waals surface area contributed by atoms with Gasteiger partial charge in [-0.3, -0.25) is 9.78 Å². The van der Waals surface area contributed by atoms with Gasteiger partial charge in [-0.15, -0.1) is 6.58 Å². The molecule has 2 N–H and O–H groups in total. The molecule has 0 aliphatic rings. The second-order valence-corrected chi connectivity index (χ2v) is 9.26. The summed E-state index contributed by atoms with van der Waals surface area (Å²) in [5.41, 5.74) is 3.96. The van der Waals surface area contributed by atoms with E-state index >= 15 is 0 Å². The number of carbonyl (C=O) groups excluding carboxylic acids is 1. The highest BCUT2D eigenvalue weighted by Gasteiger charge is 2.21. The Bertz CT molecular complexity index is 1130. The highest BCUT2D eigenvalue weighted by molar-refractivity contribution is 6.35. The summed E-state index contributed by atoms with van der Waals surface area (Å²) in [5.74, 6) is 0.412. The fourth-order valence-corrected chi connectivity index (χ4v) is 4.73. The molecule has 2 atom stereocenters. The molecule has 0 aliphatic carbocycles. The number of carbonyl (C=O) groups is 1. The maximum atomic E-state index is 13.1. The predicted molar refractivity (Wildman–Crippen MR) is 142 cm³/mol. The van der Waals surface area contributed by atoms with Gasteiger partial charge in [-0.05, 0) is 62.1 Å². The third kappa shape index (κ3) is 6.09. The number of nitrogens with one attached hydrogen (secondary N) is 2. The molecule has 7 heteroatoms. The molecule has 2 heterocycles. The first-order chi connectivity index (χ1) is 16.4. The largest absolute Gasteiger partial charge is 0.351 e. The van der Waals surface area contributed by atoms with Crippen molar-refractivity contribution in [2.45, 2.75) is 39.7 Å². The molecule has 5 nitrogen and oxygen atoms in total. The van der Waals surface area contributed by atoms with Crippen LogP contribution in [0.15, 0.2) is 61.6 Å². The molecule has 180 valence electrons. The lowest BCUT2D eigenvalue weighted by Crippen LogP contribution is -2.39. The van der Waals surface area contributed by atoms with Crippen LogP contribution in [0, 0.1) is 12.8 Å². The molecule has 0 spiro atoms. The van der Waals surface area contributed by atoms with E-state index in [4.69, 9.17) is 23.2 Å². The zero-order valence-corrected chi connectivity index (χ0v) is 21.5. The number of nitrogens with zero attached hydrogens (tertiary/aromatic N) is 2. The molecule has 0 saturated heterocycles. The summed E-state index contributed by atoms with van der Waals surface area (Å²) in [5, 5.41) is 7.62. The van der Waals surface area contributed by atoms with Crippen LogP contribution in [0.2, 0.25) is 10.0 Å². The molecule has 34 heavy (non-hydrogen) atoms. The zero-order valence-electron chi connectivity index (χ0n) is 19.9. The third-order valence-electron chi connectivity index (χ3n) is 6.18. The van der Waals surface area contributed by atoms with E-state index in [9.17, 15) is 4.79 Å². The molecule has 1 amide bonds. The van der Waals surface area contributed by atoms with Crippen LogP contribution in [0.1, 0.15) is 42.6 Å². The van der Waals surface area contributed by atoms with Crippen molar-refractivity contribution in [3.63, 3.8) is 0 Å². The highest BCUT2D eigenvalue weighted by Crippen LogP contribution is 2.34.